The number of alkyl halides is 1. The fourth-order valence-electron chi connectivity index (χ4n) is 5.48. The summed E-state index contributed by atoms with van der Waals surface area (Å²) >= 11 is 5.94. The first kappa shape index (κ1) is 29.2. The van der Waals surface area contributed by atoms with Crippen molar-refractivity contribution in [2.24, 2.45) is 0 Å². The SMILES string of the molecule is CS(=O)(=O)N[C@H]1CC[C@](Cc2cc(-c3c(F)ccc(F)c3OCc3ccccc3)ccc2F)(c2nc(CCl)co2)C1. The standard InChI is InChI=1S/C30H28ClF3N2O4S/c1-41(37,38)36-22-11-12-30(15-22,29-35-23(16-31)18-40-29)14-21-13-20(7-8-24(21)32)27-25(33)9-10-26(34)28(27)39-17-19-5-3-2-4-6-19/h2-10,13,18,22,36H,11-12,14-17H2,1H3/t22-,30+/m0/s1. The number of halogens is 4. The first-order chi connectivity index (χ1) is 19.6. The molecule has 4 aromatic rings. The van der Waals surface area contributed by atoms with Gasteiger partial charge in [-0.1, -0.05) is 36.4 Å². The Kier molecular flexibility index (Phi) is 8.45. The Hall–Kier alpha value is -3.34. The summed E-state index contributed by atoms with van der Waals surface area (Å²) in [6.45, 7) is 0.00711. The third kappa shape index (κ3) is 6.60. The molecule has 1 heterocycles. The molecule has 0 spiro atoms. The van der Waals surface area contributed by atoms with Crippen LogP contribution in [0.15, 0.2) is 71.3 Å². The van der Waals surface area contributed by atoms with Crippen LogP contribution >= 0.6 is 11.6 Å². The highest BCUT2D eigenvalue weighted by Gasteiger charge is 2.45. The average Bonchev–Trinajstić information content (AvgIpc) is 3.58. The van der Waals surface area contributed by atoms with E-state index in [-0.39, 0.29) is 41.3 Å². The molecule has 1 aliphatic carbocycles. The van der Waals surface area contributed by atoms with Crippen LogP contribution in [0.3, 0.4) is 0 Å². The minimum absolute atomic E-state index is 0.00711. The maximum Gasteiger partial charge on any atom is 0.208 e. The van der Waals surface area contributed by atoms with E-state index in [1.807, 2.05) is 18.2 Å². The van der Waals surface area contributed by atoms with Crippen molar-refractivity contribution in [3.05, 3.63) is 107 Å². The Labute approximate surface area is 241 Å². The summed E-state index contributed by atoms with van der Waals surface area (Å²) in [5.74, 6) is -1.88. The van der Waals surface area contributed by atoms with Crippen LogP contribution in [0, 0.1) is 17.5 Å². The van der Waals surface area contributed by atoms with Gasteiger partial charge in [0.1, 0.15) is 24.5 Å². The van der Waals surface area contributed by atoms with Crippen LogP contribution < -0.4 is 9.46 Å². The second kappa shape index (κ2) is 11.9. The highest BCUT2D eigenvalue weighted by molar-refractivity contribution is 7.88. The third-order valence-corrected chi connectivity index (χ3v) is 8.31. The van der Waals surface area contributed by atoms with E-state index in [1.165, 1.54) is 24.5 Å². The summed E-state index contributed by atoms with van der Waals surface area (Å²) in [7, 11) is -3.49. The molecule has 6 nitrogen and oxygen atoms in total. The van der Waals surface area contributed by atoms with E-state index in [2.05, 4.69) is 9.71 Å². The van der Waals surface area contributed by atoms with E-state index in [4.69, 9.17) is 20.8 Å². The average molecular weight is 605 g/mol. The predicted molar refractivity (Wildman–Crippen MR) is 150 cm³/mol. The summed E-state index contributed by atoms with van der Waals surface area (Å²) in [4.78, 5) is 4.49. The van der Waals surface area contributed by atoms with Gasteiger partial charge in [0.2, 0.25) is 15.9 Å². The van der Waals surface area contributed by atoms with Crippen LogP contribution in [-0.2, 0) is 34.3 Å². The molecule has 0 saturated heterocycles. The molecule has 11 heteroatoms. The lowest BCUT2D eigenvalue weighted by molar-refractivity contribution is 0.290. The van der Waals surface area contributed by atoms with Crippen molar-refractivity contribution in [3.63, 3.8) is 0 Å². The largest absolute Gasteiger partial charge is 0.485 e. The topological polar surface area (TPSA) is 81.4 Å². The van der Waals surface area contributed by atoms with Crippen molar-refractivity contribution < 1.29 is 30.7 Å². The molecule has 5 rings (SSSR count). The molecule has 0 unspecified atom stereocenters. The van der Waals surface area contributed by atoms with Gasteiger partial charge in [-0.3, -0.25) is 0 Å². The second-order valence-corrected chi connectivity index (χ2v) is 12.4. The molecule has 0 radical (unpaired) electrons. The number of ether oxygens (including phenoxy) is 1. The lowest BCUT2D eigenvalue weighted by atomic mass is 9.79. The van der Waals surface area contributed by atoms with Gasteiger partial charge in [0.15, 0.2) is 11.6 Å². The number of rotatable bonds is 10. The third-order valence-electron chi connectivity index (χ3n) is 7.28. The van der Waals surface area contributed by atoms with Gasteiger partial charge in [0, 0.05) is 6.04 Å². The molecule has 1 aliphatic rings. The highest BCUT2D eigenvalue weighted by atomic mass is 35.5. The van der Waals surface area contributed by atoms with E-state index in [0.717, 1.165) is 24.0 Å². The fraction of sp³-hybridized carbons (Fsp3) is 0.300. The predicted octanol–water partition coefficient (Wildman–Crippen LogP) is 6.66. The minimum atomic E-state index is -3.49. The highest BCUT2D eigenvalue weighted by Crippen LogP contribution is 2.45. The van der Waals surface area contributed by atoms with Crippen LogP contribution in [0.4, 0.5) is 13.2 Å². The number of hydrogen-bond donors (Lipinski definition) is 1. The molecule has 0 bridgehead atoms. The molecule has 0 aliphatic heterocycles. The van der Waals surface area contributed by atoms with Gasteiger partial charge in [-0.2, -0.15) is 0 Å². The number of benzene rings is 3. The summed E-state index contributed by atoms with van der Waals surface area (Å²) in [5.41, 5.74) is 0.723. The van der Waals surface area contributed by atoms with Gasteiger partial charge in [-0.15, -0.1) is 11.6 Å². The van der Waals surface area contributed by atoms with Gasteiger partial charge in [0.25, 0.3) is 0 Å². The molecule has 1 saturated carbocycles. The molecule has 2 atom stereocenters. The molecule has 1 fully saturated rings. The van der Waals surface area contributed by atoms with Gasteiger partial charge in [0.05, 0.1) is 28.8 Å². The van der Waals surface area contributed by atoms with Gasteiger partial charge < -0.3 is 9.15 Å². The van der Waals surface area contributed by atoms with Crippen molar-refractivity contribution in [3.8, 4) is 16.9 Å². The molecule has 3 aromatic carbocycles. The first-order valence-corrected chi connectivity index (χ1v) is 15.4. The Morgan fingerprint density at radius 3 is 2.51 bits per heavy atom. The Bertz CT molecular complexity index is 1650. The van der Waals surface area contributed by atoms with Crippen LogP contribution in [-0.4, -0.2) is 25.7 Å². The molecule has 1 N–H and O–H groups in total. The summed E-state index contributed by atoms with van der Waals surface area (Å²) in [6.07, 6.45) is 3.80. The summed E-state index contributed by atoms with van der Waals surface area (Å²) < 4.78 is 83.5. The molecular weight excluding hydrogens is 577 g/mol. The molecule has 1 aromatic heterocycles. The van der Waals surface area contributed by atoms with Crippen LogP contribution in [0.25, 0.3) is 11.1 Å². The number of hydrogen-bond acceptors (Lipinski definition) is 5. The van der Waals surface area contributed by atoms with E-state index in [0.29, 0.717) is 30.8 Å². The fourth-order valence-corrected chi connectivity index (χ4v) is 6.40. The van der Waals surface area contributed by atoms with Crippen molar-refractivity contribution in [2.45, 2.75) is 49.6 Å². The monoisotopic (exact) mass is 604 g/mol. The smallest absolute Gasteiger partial charge is 0.208 e. The Balaban J connectivity index is 1.52. The van der Waals surface area contributed by atoms with Crippen LogP contribution in [0.5, 0.6) is 5.75 Å². The Morgan fingerprint density at radius 1 is 1.07 bits per heavy atom. The van der Waals surface area contributed by atoms with Crippen molar-refractivity contribution in [1.29, 1.82) is 0 Å². The van der Waals surface area contributed by atoms with Crippen molar-refractivity contribution in [2.75, 3.05) is 6.26 Å². The molecule has 216 valence electrons. The summed E-state index contributed by atoms with van der Waals surface area (Å²) in [6, 6.07) is 14.7. The van der Waals surface area contributed by atoms with Crippen molar-refractivity contribution >= 4 is 21.6 Å². The van der Waals surface area contributed by atoms with Gasteiger partial charge in [-0.05, 0) is 66.6 Å². The van der Waals surface area contributed by atoms with E-state index in [9.17, 15) is 12.8 Å². The summed E-state index contributed by atoms with van der Waals surface area (Å²) in [5, 5.41) is 0. The Morgan fingerprint density at radius 2 is 1.80 bits per heavy atom. The van der Waals surface area contributed by atoms with Gasteiger partial charge >= 0.3 is 0 Å². The maximum atomic E-state index is 15.3. The zero-order chi connectivity index (χ0) is 29.2. The molecule has 41 heavy (non-hydrogen) atoms. The quantitative estimate of drug-likeness (QED) is 0.205. The van der Waals surface area contributed by atoms with E-state index < -0.39 is 38.9 Å². The number of aromatic nitrogens is 1. The number of oxazole rings is 1. The van der Waals surface area contributed by atoms with E-state index in [1.54, 1.807) is 12.1 Å². The second-order valence-electron chi connectivity index (χ2n) is 10.4. The lowest BCUT2D eigenvalue weighted by Gasteiger charge is -2.27. The van der Waals surface area contributed by atoms with Crippen LogP contribution in [0.2, 0.25) is 0 Å². The van der Waals surface area contributed by atoms with E-state index >= 15 is 8.78 Å². The normalized spacial score (nSPS) is 19.0. The van der Waals surface area contributed by atoms with Crippen LogP contribution in [0.1, 0.15) is 42.0 Å². The lowest BCUT2D eigenvalue weighted by Crippen LogP contribution is -2.35. The number of sulfonamides is 1. The minimum Gasteiger partial charge on any atom is -0.485 e. The first-order valence-electron chi connectivity index (χ1n) is 13.0. The zero-order valence-electron chi connectivity index (χ0n) is 22.2. The zero-order valence-corrected chi connectivity index (χ0v) is 23.7. The van der Waals surface area contributed by atoms with Gasteiger partial charge in [-0.25, -0.2) is 31.3 Å². The number of nitrogens with one attached hydrogen (secondary N) is 1. The van der Waals surface area contributed by atoms with Crippen molar-refractivity contribution in [1.82, 2.24) is 9.71 Å². The molecule has 0 amide bonds. The maximum absolute atomic E-state index is 15.3. The number of nitrogens with zero attached hydrogens (tertiary/aromatic N) is 1. The molecular formula is C30H28ClF3N2O4S.